The molecule has 0 heterocycles. The molecule has 1 amide bonds. The lowest BCUT2D eigenvalue weighted by Gasteiger charge is -1.98. The first-order chi connectivity index (χ1) is 7.13. The highest BCUT2D eigenvalue weighted by Gasteiger charge is 1.97. The SMILES string of the molecule is C=C(/C=C/c1ccc(C(N)=O)cc1)NC. The van der Waals surface area contributed by atoms with Gasteiger partial charge in [0.15, 0.2) is 0 Å². The van der Waals surface area contributed by atoms with Gasteiger partial charge in [0.05, 0.1) is 0 Å². The molecule has 15 heavy (non-hydrogen) atoms. The molecule has 3 nitrogen and oxygen atoms in total. The number of hydrogen-bond donors (Lipinski definition) is 2. The second-order valence-corrected chi connectivity index (χ2v) is 3.09. The highest BCUT2D eigenvalue weighted by atomic mass is 16.1. The third kappa shape index (κ3) is 3.31. The Labute approximate surface area is 89.3 Å². The van der Waals surface area contributed by atoms with Crippen molar-refractivity contribution in [3.8, 4) is 0 Å². The summed E-state index contributed by atoms with van der Waals surface area (Å²) >= 11 is 0. The maximum Gasteiger partial charge on any atom is 0.248 e. The summed E-state index contributed by atoms with van der Waals surface area (Å²) in [5.41, 5.74) is 7.46. The maximum atomic E-state index is 10.8. The Bertz CT molecular complexity index is 391. The molecule has 0 bridgehead atoms. The van der Waals surface area contributed by atoms with E-state index in [-0.39, 0.29) is 0 Å². The smallest absolute Gasteiger partial charge is 0.248 e. The summed E-state index contributed by atoms with van der Waals surface area (Å²) in [5.74, 6) is -0.412. The molecule has 0 aliphatic heterocycles. The molecule has 78 valence electrons. The number of carbonyl (C=O) groups excluding carboxylic acids is 1. The minimum absolute atomic E-state index is 0.412. The summed E-state index contributed by atoms with van der Waals surface area (Å²) in [4.78, 5) is 10.8. The van der Waals surface area contributed by atoms with Gasteiger partial charge in [-0.3, -0.25) is 4.79 Å². The van der Waals surface area contributed by atoms with E-state index in [9.17, 15) is 4.79 Å². The highest BCUT2D eigenvalue weighted by molar-refractivity contribution is 5.92. The van der Waals surface area contributed by atoms with Gasteiger partial charge in [0.25, 0.3) is 0 Å². The van der Waals surface area contributed by atoms with Crippen LogP contribution in [0.15, 0.2) is 42.6 Å². The molecule has 0 atom stereocenters. The molecule has 1 aromatic rings. The summed E-state index contributed by atoms with van der Waals surface area (Å²) in [6.07, 6.45) is 3.77. The van der Waals surface area contributed by atoms with Crippen LogP contribution in [-0.2, 0) is 0 Å². The molecule has 1 aromatic carbocycles. The van der Waals surface area contributed by atoms with E-state index in [1.54, 1.807) is 12.1 Å². The molecule has 0 spiro atoms. The van der Waals surface area contributed by atoms with Crippen LogP contribution in [0.5, 0.6) is 0 Å². The molecule has 0 aromatic heterocycles. The fraction of sp³-hybridized carbons (Fsp3) is 0.0833. The van der Waals surface area contributed by atoms with E-state index in [2.05, 4.69) is 11.9 Å². The predicted molar refractivity (Wildman–Crippen MR) is 62.2 cm³/mol. The number of rotatable bonds is 4. The van der Waals surface area contributed by atoms with Gasteiger partial charge in [0, 0.05) is 18.3 Å². The standard InChI is InChI=1S/C12H14N2O/c1-9(14-2)3-4-10-5-7-11(8-6-10)12(13)15/h3-8,14H,1H2,2H3,(H2,13,15)/b4-3+. The number of hydrogen-bond acceptors (Lipinski definition) is 2. The highest BCUT2D eigenvalue weighted by Crippen LogP contribution is 2.06. The van der Waals surface area contributed by atoms with Gasteiger partial charge in [-0.1, -0.05) is 24.8 Å². The maximum absolute atomic E-state index is 10.8. The Morgan fingerprint density at radius 1 is 1.40 bits per heavy atom. The van der Waals surface area contributed by atoms with Gasteiger partial charge in [-0.05, 0) is 23.8 Å². The number of nitrogens with one attached hydrogen (secondary N) is 1. The topological polar surface area (TPSA) is 55.1 Å². The number of benzene rings is 1. The van der Waals surface area contributed by atoms with Crippen LogP contribution < -0.4 is 11.1 Å². The zero-order valence-corrected chi connectivity index (χ0v) is 8.66. The molecule has 0 aliphatic carbocycles. The summed E-state index contributed by atoms with van der Waals surface area (Å²) in [6.45, 7) is 3.76. The van der Waals surface area contributed by atoms with Crippen LogP contribution in [0.1, 0.15) is 15.9 Å². The van der Waals surface area contributed by atoms with E-state index in [1.165, 1.54) is 0 Å². The molecule has 3 N–H and O–H groups in total. The van der Waals surface area contributed by atoms with Crippen LogP contribution in [0.3, 0.4) is 0 Å². The van der Waals surface area contributed by atoms with Crippen LogP contribution in [-0.4, -0.2) is 13.0 Å². The minimum Gasteiger partial charge on any atom is -0.389 e. The van der Waals surface area contributed by atoms with Crippen LogP contribution >= 0.6 is 0 Å². The Kier molecular flexibility index (Phi) is 3.68. The Balaban J connectivity index is 2.77. The van der Waals surface area contributed by atoms with E-state index >= 15 is 0 Å². The van der Waals surface area contributed by atoms with Gasteiger partial charge >= 0.3 is 0 Å². The molecule has 0 aliphatic rings. The normalized spacial score (nSPS) is 10.2. The minimum atomic E-state index is -0.412. The van der Waals surface area contributed by atoms with Gasteiger partial charge < -0.3 is 11.1 Å². The monoisotopic (exact) mass is 202 g/mol. The Hall–Kier alpha value is -2.03. The fourth-order valence-electron chi connectivity index (χ4n) is 1.04. The number of amides is 1. The second-order valence-electron chi connectivity index (χ2n) is 3.09. The number of allylic oxidation sites excluding steroid dienone is 1. The van der Waals surface area contributed by atoms with Crippen molar-refractivity contribution < 1.29 is 4.79 Å². The van der Waals surface area contributed by atoms with Crippen molar-refractivity contribution in [2.45, 2.75) is 0 Å². The van der Waals surface area contributed by atoms with E-state index < -0.39 is 5.91 Å². The molecular weight excluding hydrogens is 188 g/mol. The molecule has 0 fully saturated rings. The molecule has 3 heteroatoms. The zero-order chi connectivity index (χ0) is 11.3. The lowest BCUT2D eigenvalue weighted by Crippen LogP contribution is -2.10. The van der Waals surface area contributed by atoms with E-state index in [4.69, 9.17) is 5.73 Å². The summed E-state index contributed by atoms with van der Waals surface area (Å²) in [7, 11) is 1.81. The predicted octanol–water partition coefficient (Wildman–Crippen LogP) is 1.53. The average molecular weight is 202 g/mol. The second kappa shape index (κ2) is 5.00. The van der Waals surface area contributed by atoms with Gasteiger partial charge in [0.2, 0.25) is 5.91 Å². The lowest BCUT2D eigenvalue weighted by molar-refractivity contribution is 0.100. The summed E-state index contributed by atoms with van der Waals surface area (Å²) < 4.78 is 0. The Morgan fingerprint density at radius 2 is 2.00 bits per heavy atom. The molecule has 0 radical (unpaired) electrons. The third-order valence-corrected chi connectivity index (χ3v) is 1.99. The summed E-state index contributed by atoms with van der Waals surface area (Å²) in [6, 6.07) is 7.06. The van der Waals surface area contributed by atoms with Gasteiger partial charge in [-0.15, -0.1) is 0 Å². The van der Waals surface area contributed by atoms with Crippen molar-refractivity contribution in [2.75, 3.05) is 7.05 Å². The molecular formula is C12H14N2O. The van der Waals surface area contributed by atoms with Crippen molar-refractivity contribution in [1.29, 1.82) is 0 Å². The van der Waals surface area contributed by atoms with Gasteiger partial charge in [-0.25, -0.2) is 0 Å². The lowest BCUT2D eigenvalue weighted by atomic mass is 10.1. The molecule has 0 unspecified atom stereocenters. The quantitative estimate of drug-likeness (QED) is 0.727. The van der Waals surface area contributed by atoms with E-state index in [0.717, 1.165) is 11.3 Å². The average Bonchev–Trinajstić information content (AvgIpc) is 2.26. The van der Waals surface area contributed by atoms with E-state index in [0.29, 0.717) is 5.56 Å². The number of likely N-dealkylation sites (N-methyl/N-ethyl adjacent to an activating group) is 1. The van der Waals surface area contributed by atoms with Gasteiger partial charge in [-0.2, -0.15) is 0 Å². The fourth-order valence-corrected chi connectivity index (χ4v) is 1.04. The van der Waals surface area contributed by atoms with Crippen LogP contribution in [0.4, 0.5) is 0 Å². The third-order valence-electron chi connectivity index (χ3n) is 1.99. The van der Waals surface area contributed by atoms with Crippen molar-refractivity contribution in [1.82, 2.24) is 5.32 Å². The first kappa shape index (κ1) is 11.0. The van der Waals surface area contributed by atoms with Crippen molar-refractivity contribution in [2.24, 2.45) is 5.73 Å². The van der Waals surface area contributed by atoms with E-state index in [1.807, 2.05) is 31.3 Å². The van der Waals surface area contributed by atoms with Gasteiger partial charge in [0.1, 0.15) is 0 Å². The number of primary amides is 1. The van der Waals surface area contributed by atoms with Crippen LogP contribution in [0.25, 0.3) is 6.08 Å². The van der Waals surface area contributed by atoms with Crippen LogP contribution in [0, 0.1) is 0 Å². The van der Waals surface area contributed by atoms with Crippen molar-refractivity contribution in [3.05, 3.63) is 53.7 Å². The number of carbonyl (C=O) groups is 1. The first-order valence-electron chi connectivity index (χ1n) is 4.58. The van der Waals surface area contributed by atoms with Crippen LogP contribution in [0.2, 0.25) is 0 Å². The first-order valence-corrected chi connectivity index (χ1v) is 4.58. The van der Waals surface area contributed by atoms with Crippen molar-refractivity contribution >= 4 is 12.0 Å². The molecule has 1 rings (SSSR count). The largest absolute Gasteiger partial charge is 0.389 e. The summed E-state index contributed by atoms with van der Waals surface area (Å²) in [5, 5.41) is 2.91. The van der Waals surface area contributed by atoms with Crippen molar-refractivity contribution in [3.63, 3.8) is 0 Å². The molecule has 0 saturated carbocycles. The zero-order valence-electron chi connectivity index (χ0n) is 8.66. The Morgan fingerprint density at radius 3 is 2.47 bits per heavy atom. The molecule has 0 saturated heterocycles. The number of nitrogens with two attached hydrogens (primary N) is 1.